The highest BCUT2D eigenvalue weighted by molar-refractivity contribution is 6.31. The van der Waals surface area contributed by atoms with Crippen LogP contribution in [0.3, 0.4) is 0 Å². The van der Waals surface area contributed by atoms with Gasteiger partial charge in [-0.2, -0.15) is 0 Å². The summed E-state index contributed by atoms with van der Waals surface area (Å²) in [5.74, 6) is -1.20. The van der Waals surface area contributed by atoms with Crippen molar-refractivity contribution in [3.05, 3.63) is 23.0 Å². The Morgan fingerprint density at radius 1 is 1.56 bits per heavy atom. The van der Waals surface area contributed by atoms with Gasteiger partial charge >= 0.3 is 5.97 Å². The quantitative estimate of drug-likeness (QED) is 0.832. The van der Waals surface area contributed by atoms with Crippen LogP contribution in [0.15, 0.2) is 12.3 Å². The summed E-state index contributed by atoms with van der Waals surface area (Å²) in [5, 5.41) is 11.8. The van der Waals surface area contributed by atoms with Crippen molar-refractivity contribution in [3.63, 3.8) is 0 Å². The molecule has 1 aromatic rings. The summed E-state index contributed by atoms with van der Waals surface area (Å²) in [6.07, 6.45) is 1.73. The summed E-state index contributed by atoms with van der Waals surface area (Å²) in [5.41, 5.74) is 0.491. The van der Waals surface area contributed by atoms with Crippen LogP contribution in [0.2, 0.25) is 5.02 Å². The summed E-state index contributed by atoms with van der Waals surface area (Å²) >= 11 is 5.84. The summed E-state index contributed by atoms with van der Waals surface area (Å²) in [6.45, 7) is 4.68. The van der Waals surface area contributed by atoms with Crippen molar-refractivity contribution >= 4 is 23.5 Å². The van der Waals surface area contributed by atoms with Crippen molar-refractivity contribution in [1.29, 1.82) is 0 Å². The Kier molecular flexibility index (Phi) is 5.22. The number of carboxylic acid groups (broad SMARTS) is 1. The zero-order chi connectivity index (χ0) is 13.7. The summed E-state index contributed by atoms with van der Waals surface area (Å²) < 4.78 is 1.75. The van der Waals surface area contributed by atoms with Crippen molar-refractivity contribution < 1.29 is 14.7 Å². The molecular weight excluding hydrogens is 256 g/mol. The van der Waals surface area contributed by atoms with Crippen LogP contribution in [0.5, 0.6) is 0 Å². The van der Waals surface area contributed by atoms with E-state index in [0.29, 0.717) is 23.8 Å². The molecule has 0 saturated carbocycles. The van der Waals surface area contributed by atoms with Gasteiger partial charge in [-0.25, -0.2) is 0 Å². The van der Waals surface area contributed by atoms with Gasteiger partial charge in [0, 0.05) is 25.7 Å². The van der Waals surface area contributed by atoms with E-state index in [1.807, 2.05) is 6.92 Å². The molecule has 1 rings (SSSR count). The van der Waals surface area contributed by atoms with Crippen LogP contribution in [0, 0.1) is 5.92 Å². The molecule has 0 aliphatic heterocycles. The van der Waals surface area contributed by atoms with Crippen LogP contribution in [0.4, 0.5) is 0 Å². The molecule has 1 atom stereocenters. The number of halogens is 1. The maximum atomic E-state index is 11.9. The molecule has 0 aliphatic rings. The monoisotopic (exact) mass is 272 g/mol. The fraction of sp³-hybridized carbons (Fsp3) is 0.500. The number of hydrogen-bond acceptors (Lipinski definition) is 2. The van der Waals surface area contributed by atoms with Crippen LogP contribution in [0.25, 0.3) is 0 Å². The third-order valence-corrected chi connectivity index (χ3v) is 2.78. The molecule has 0 saturated heterocycles. The maximum Gasteiger partial charge on any atom is 0.303 e. The number of nitrogens with zero attached hydrogens (tertiary/aromatic N) is 1. The molecule has 1 unspecified atom stereocenters. The standard InChI is InChI=1S/C12H17ClN2O3/c1-3-15-7-9(13)5-10(15)12(18)14-6-8(2)4-11(16)17/h5,7-8H,3-4,6H2,1-2H3,(H,14,18)(H,16,17). The lowest BCUT2D eigenvalue weighted by Gasteiger charge is -2.11. The van der Waals surface area contributed by atoms with E-state index in [-0.39, 0.29) is 18.2 Å². The smallest absolute Gasteiger partial charge is 0.303 e. The molecule has 0 fully saturated rings. The van der Waals surface area contributed by atoms with Gasteiger partial charge in [-0.3, -0.25) is 9.59 Å². The molecule has 0 bridgehead atoms. The van der Waals surface area contributed by atoms with Crippen molar-refractivity contribution in [2.24, 2.45) is 5.92 Å². The third kappa shape index (κ3) is 4.07. The molecule has 0 aliphatic carbocycles. The first-order valence-corrected chi connectivity index (χ1v) is 6.17. The second kappa shape index (κ2) is 6.44. The first-order chi connectivity index (χ1) is 8.43. The predicted octanol–water partition coefficient (Wildman–Crippen LogP) is 2.00. The molecule has 0 aromatic carbocycles. The number of aryl methyl sites for hydroxylation is 1. The number of rotatable bonds is 6. The molecule has 2 N–H and O–H groups in total. The number of carboxylic acids is 1. The molecule has 0 spiro atoms. The van der Waals surface area contributed by atoms with E-state index in [4.69, 9.17) is 16.7 Å². The highest BCUT2D eigenvalue weighted by Gasteiger charge is 2.14. The molecule has 18 heavy (non-hydrogen) atoms. The van der Waals surface area contributed by atoms with Crippen LogP contribution in [-0.2, 0) is 11.3 Å². The first-order valence-electron chi connectivity index (χ1n) is 5.79. The Bertz CT molecular complexity index is 443. The van der Waals surface area contributed by atoms with Crippen LogP contribution in [-0.4, -0.2) is 28.1 Å². The number of carbonyl (C=O) groups excluding carboxylic acids is 1. The molecule has 6 heteroatoms. The van der Waals surface area contributed by atoms with E-state index in [2.05, 4.69) is 5.32 Å². The Hall–Kier alpha value is -1.49. The lowest BCUT2D eigenvalue weighted by molar-refractivity contribution is -0.137. The van der Waals surface area contributed by atoms with E-state index in [1.165, 1.54) is 0 Å². The zero-order valence-corrected chi connectivity index (χ0v) is 11.2. The minimum Gasteiger partial charge on any atom is -0.481 e. The Labute approximate surface area is 111 Å². The summed E-state index contributed by atoms with van der Waals surface area (Å²) in [4.78, 5) is 22.4. The predicted molar refractivity (Wildman–Crippen MR) is 68.9 cm³/mol. The van der Waals surface area contributed by atoms with E-state index in [9.17, 15) is 9.59 Å². The molecule has 100 valence electrons. The van der Waals surface area contributed by atoms with Gasteiger partial charge in [0.15, 0.2) is 0 Å². The SMILES string of the molecule is CCn1cc(Cl)cc1C(=O)NCC(C)CC(=O)O. The molecule has 0 radical (unpaired) electrons. The van der Waals surface area contributed by atoms with Gasteiger partial charge in [0.2, 0.25) is 0 Å². The van der Waals surface area contributed by atoms with Gasteiger partial charge in [-0.1, -0.05) is 18.5 Å². The van der Waals surface area contributed by atoms with Crippen molar-refractivity contribution in [2.75, 3.05) is 6.54 Å². The molecule has 1 heterocycles. The van der Waals surface area contributed by atoms with Gasteiger partial charge in [-0.05, 0) is 18.9 Å². The van der Waals surface area contributed by atoms with E-state index < -0.39 is 5.97 Å². The third-order valence-electron chi connectivity index (χ3n) is 2.57. The van der Waals surface area contributed by atoms with Crippen molar-refractivity contribution in [2.45, 2.75) is 26.8 Å². The van der Waals surface area contributed by atoms with Gasteiger partial charge in [0.25, 0.3) is 5.91 Å². The maximum absolute atomic E-state index is 11.9. The lowest BCUT2D eigenvalue weighted by Crippen LogP contribution is -2.30. The van der Waals surface area contributed by atoms with E-state index in [1.54, 1.807) is 23.8 Å². The minimum absolute atomic E-state index is 0.0375. The molecule has 1 aromatic heterocycles. The van der Waals surface area contributed by atoms with Crippen molar-refractivity contribution in [3.8, 4) is 0 Å². The van der Waals surface area contributed by atoms with Crippen LogP contribution in [0.1, 0.15) is 30.8 Å². The fourth-order valence-electron chi connectivity index (χ4n) is 1.65. The number of hydrogen-bond donors (Lipinski definition) is 2. The Morgan fingerprint density at radius 2 is 2.22 bits per heavy atom. The topological polar surface area (TPSA) is 71.3 Å². The van der Waals surface area contributed by atoms with Gasteiger partial charge < -0.3 is 15.0 Å². The average molecular weight is 273 g/mol. The Morgan fingerprint density at radius 3 is 2.78 bits per heavy atom. The highest BCUT2D eigenvalue weighted by atomic mass is 35.5. The number of amides is 1. The number of carbonyl (C=O) groups is 2. The van der Waals surface area contributed by atoms with Gasteiger partial charge in [0.05, 0.1) is 5.02 Å². The average Bonchev–Trinajstić information content (AvgIpc) is 2.66. The molecule has 5 nitrogen and oxygen atoms in total. The summed E-state index contributed by atoms with van der Waals surface area (Å²) in [7, 11) is 0. The number of nitrogens with one attached hydrogen (secondary N) is 1. The lowest BCUT2D eigenvalue weighted by atomic mass is 10.1. The first kappa shape index (κ1) is 14.6. The van der Waals surface area contributed by atoms with Gasteiger partial charge in [-0.15, -0.1) is 0 Å². The second-order valence-corrected chi connectivity index (χ2v) is 4.68. The van der Waals surface area contributed by atoms with Crippen LogP contribution >= 0.6 is 11.6 Å². The van der Waals surface area contributed by atoms with E-state index in [0.717, 1.165) is 0 Å². The van der Waals surface area contributed by atoms with Crippen LogP contribution < -0.4 is 5.32 Å². The second-order valence-electron chi connectivity index (χ2n) is 4.24. The fourth-order valence-corrected chi connectivity index (χ4v) is 1.88. The van der Waals surface area contributed by atoms with Crippen molar-refractivity contribution in [1.82, 2.24) is 9.88 Å². The highest BCUT2D eigenvalue weighted by Crippen LogP contribution is 2.14. The molecular formula is C12H17ClN2O3. The minimum atomic E-state index is -0.864. The molecule has 1 amide bonds. The normalized spacial score (nSPS) is 12.2. The van der Waals surface area contributed by atoms with E-state index >= 15 is 0 Å². The largest absolute Gasteiger partial charge is 0.481 e. The Balaban J connectivity index is 2.57. The number of aliphatic carboxylic acids is 1. The zero-order valence-electron chi connectivity index (χ0n) is 10.4. The van der Waals surface area contributed by atoms with Gasteiger partial charge in [0.1, 0.15) is 5.69 Å². The summed E-state index contributed by atoms with van der Waals surface area (Å²) in [6, 6.07) is 1.60. The number of aromatic nitrogens is 1.